The third-order valence-corrected chi connectivity index (χ3v) is 8.51. The summed E-state index contributed by atoms with van der Waals surface area (Å²) in [5.41, 5.74) is -6.68. The SMILES string of the molecule is O=C1CSC(=O)C1.O=C1NC(=O)C(=Cc2ccc(-c3cc(C(F)(F)F)cc(C(F)(F)F)c3)o2)S1.O=Cc1ccc(-c2cc(C(F)(F)F)cc(C(F)(F)F)c2)o1. The van der Waals surface area contributed by atoms with E-state index in [9.17, 15) is 76.7 Å². The third kappa shape index (κ3) is 11.6. The van der Waals surface area contributed by atoms with E-state index < -0.39 is 69.2 Å². The summed E-state index contributed by atoms with van der Waals surface area (Å²) >= 11 is 1.71. The first-order valence-electron chi connectivity index (χ1n) is 14.5. The molecule has 0 unspecified atom stereocenters. The number of Topliss-reactive ketones (excluding diaryl/α,β-unsaturated/α-hetero) is 1. The van der Waals surface area contributed by atoms with Crippen LogP contribution in [0.2, 0.25) is 0 Å². The van der Waals surface area contributed by atoms with Crippen LogP contribution in [0.5, 0.6) is 0 Å². The minimum Gasteiger partial charge on any atom is -0.457 e. The number of furan rings is 2. The lowest BCUT2D eigenvalue weighted by Gasteiger charge is -2.13. The standard InChI is InChI=1S/C16H7F6NO3S.C13H6F6O2.C4H4O2S/c17-15(18,19)8-3-7(4-9(5-8)16(20,21)22)11-2-1-10(26-11)6-12-13(24)23-14(25)27-12;14-12(15,16)8-3-7(4-9(5-8)13(17,18)19)11-2-1-10(6-20)21-11;5-3-1-4(6)7-2-3/h1-6H,(H,23,24,25);1-6H;1-2H2. The van der Waals surface area contributed by atoms with Gasteiger partial charge in [-0.15, -0.1) is 0 Å². The van der Waals surface area contributed by atoms with E-state index in [0.29, 0.717) is 48.1 Å². The monoisotopic (exact) mass is 831 g/mol. The molecule has 4 aromatic rings. The molecule has 2 aromatic carbocycles. The van der Waals surface area contributed by atoms with Crippen molar-refractivity contribution in [3.8, 4) is 22.6 Å². The maximum Gasteiger partial charge on any atom is 0.416 e. The van der Waals surface area contributed by atoms with Gasteiger partial charge in [0.15, 0.2) is 22.9 Å². The van der Waals surface area contributed by atoms with Gasteiger partial charge in [0.2, 0.25) is 0 Å². The molecular formula is C33H17F12NO7S2. The molecular weight excluding hydrogens is 814 g/mol. The predicted molar refractivity (Wildman–Crippen MR) is 170 cm³/mol. The smallest absolute Gasteiger partial charge is 0.416 e. The van der Waals surface area contributed by atoms with Crippen LogP contribution in [0.1, 0.15) is 45.0 Å². The number of rotatable bonds is 4. The largest absolute Gasteiger partial charge is 0.457 e. The van der Waals surface area contributed by atoms with Gasteiger partial charge in [-0.2, -0.15) is 52.7 Å². The van der Waals surface area contributed by atoms with Crippen molar-refractivity contribution in [2.24, 2.45) is 0 Å². The Kier molecular flexibility index (Phi) is 12.5. The summed E-state index contributed by atoms with van der Waals surface area (Å²) < 4.78 is 164. The molecule has 55 heavy (non-hydrogen) atoms. The molecule has 2 aliphatic rings. The Balaban J connectivity index is 0.000000212. The van der Waals surface area contributed by atoms with Gasteiger partial charge in [0.05, 0.1) is 39.3 Å². The van der Waals surface area contributed by atoms with E-state index in [1.165, 1.54) is 12.1 Å². The van der Waals surface area contributed by atoms with Crippen LogP contribution >= 0.6 is 23.5 Å². The van der Waals surface area contributed by atoms with Crippen LogP contribution in [0.4, 0.5) is 57.5 Å². The summed E-state index contributed by atoms with van der Waals surface area (Å²) in [6.45, 7) is 0. The van der Waals surface area contributed by atoms with Crippen molar-refractivity contribution < 1.29 is 85.5 Å². The van der Waals surface area contributed by atoms with E-state index in [4.69, 9.17) is 8.83 Å². The molecule has 2 aliphatic heterocycles. The lowest BCUT2D eigenvalue weighted by Crippen LogP contribution is -2.17. The van der Waals surface area contributed by atoms with Crippen LogP contribution in [-0.2, 0) is 39.1 Å². The predicted octanol–water partition coefficient (Wildman–Crippen LogP) is 10.3. The van der Waals surface area contributed by atoms with Gasteiger partial charge in [-0.3, -0.25) is 29.3 Å². The number of nitrogens with one attached hydrogen (secondary N) is 1. The van der Waals surface area contributed by atoms with E-state index in [0.717, 1.165) is 30.0 Å². The van der Waals surface area contributed by atoms with Gasteiger partial charge in [0, 0.05) is 17.2 Å². The number of benzene rings is 2. The molecule has 2 aromatic heterocycles. The highest BCUT2D eigenvalue weighted by Gasteiger charge is 2.38. The second kappa shape index (κ2) is 16.2. The molecule has 2 fully saturated rings. The molecule has 0 atom stereocenters. The quantitative estimate of drug-likeness (QED) is 0.0926. The highest BCUT2D eigenvalue weighted by molar-refractivity contribution is 8.18. The summed E-state index contributed by atoms with van der Waals surface area (Å²) in [6.07, 6.45) is -18.2. The van der Waals surface area contributed by atoms with Crippen LogP contribution in [-0.4, -0.2) is 34.1 Å². The average Bonchev–Trinajstić information content (AvgIpc) is 3.88. The first-order valence-corrected chi connectivity index (χ1v) is 16.3. The average molecular weight is 832 g/mol. The second-order valence-corrected chi connectivity index (χ2v) is 12.9. The fourth-order valence-electron chi connectivity index (χ4n) is 4.33. The second-order valence-electron chi connectivity index (χ2n) is 10.8. The van der Waals surface area contributed by atoms with Crippen molar-refractivity contribution in [1.29, 1.82) is 0 Å². The van der Waals surface area contributed by atoms with Gasteiger partial charge >= 0.3 is 24.7 Å². The van der Waals surface area contributed by atoms with Crippen molar-refractivity contribution in [3.05, 3.63) is 99.3 Å². The van der Waals surface area contributed by atoms with Gasteiger partial charge < -0.3 is 8.83 Å². The minimum absolute atomic E-state index is 0.0108. The summed E-state index contributed by atoms with van der Waals surface area (Å²) in [5, 5.41) is 1.41. The molecule has 1 N–H and O–H groups in total. The molecule has 8 nitrogen and oxygen atoms in total. The van der Waals surface area contributed by atoms with Crippen LogP contribution in [0.25, 0.3) is 28.7 Å². The van der Waals surface area contributed by atoms with Crippen molar-refractivity contribution in [1.82, 2.24) is 5.32 Å². The maximum absolute atomic E-state index is 12.9. The summed E-state index contributed by atoms with van der Waals surface area (Å²) in [7, 11) is 0. The van der Waals surface area contributed by atoms with E-state index in [1.54, 1.807) is 0 Å². The Morgan fingerprint density at radius 2 is 1.02 bits per heavy atom. The lowest BCUT2D eigenvalue weighted by atomic mass is 10.0. The van der Waals surface area contributed by atoms with Gasteiger partial charge in [-0.25, -0.2) is 0 Å². The highest BCUT2D eigenvalue weighted by Crippen LogP contribution is 2.41. The number of ketones is 1. The molecule has 0 saturated carbocycles. The maximum atomic E-state index is 12.9. The van der Waals surface area contributed by atoms with E-state index in [-0.39, 0.29) is 57.4 Å². The Hall–Kier alpha value is -5.25. The topological polar surface area (TPSA) is 124 Å². The normalized spacial score (nSPS) is 15.7. The Morgan fingerprint density at radius 3 is 1.31 bits per heavy atom. The van der Waals surface area contributed by atoms with Crippen LogP contribution < -0.4 is 5.32 Å². The number of amides is 2. The highest BCUT2D eigenvalue weighted by atomic mass is 32.2. The lowest BCUT2D eigenvalue weighted by molar-refractivity contribution is -0.144. The van der Waals surface area contributed by atoms with Crippen molar-refractivity contribution >= 4 is 57.9 Å². The number of carbonyl (C=O) groups excluding carboxylic acids is 5. The van der Waals surface area contributed by atoms with Gasteiger partial charge in [-0.05, 0) is 72.4 Å². The fourth-order valence-corrected chi connectivity index (χ4v) is 5.67. The first-order chi connectivity index (χ1) is 25.3. The molecule has 0 radical (unpaired) electrons. The van der Waals surface area contributed by atoms with Crippen molar-refractivity contribution in [2.75, 3.05) is 5.75 Å². The molecule has 2 saturated heterocycles. The molecule has 0 bridgehead atoms. The van der Waals surface area contributed by atoms with Gasteiger partial charge in [0.1, 0.15) is 17.3 Å². The summed E-state index contributed by atoms with van der Waals surface area (Å²) in [6, 6.07) is 6.86. The molecule has 4 heterocycles. The van der Waals surface area contributed by atoms with E-state index >= 15 is 0 Å². The van der Waals surface area contributed by atoms with Crippen LogP contribution in [0.3, 0.4) is 0 Å². The number of aldehydes is 1. The Labute approximate surface area is 307 Å². The number of hydrogen-bond donors (Lipinski definition) is 1. The van der Waals surface area contributed by atoms with Crippen molar-refractivity contribution in [2.45, 2.75) is 31.1 Å². The van der Waals surface area contributed by atoms with Crippen LogP contribution in [0, 0.1) is 0 Å². The molecule has 6 rings (SSSR count). The number of thioether (sulfide) groups is 2. The van der Waals surface area contributed by atoms with Gasteiger partial charge in [0.25, 0.3) is 11.1 Å². The fraction of sp³-hybridized carbons (Fsp3) is 0.182. The summed E-state index contributed by atoms with van der Waals surface area (Å²) in [4.78, 5) is 53.4. The molecule has 292 valence electrons. The number of alkyl halides is 12. The zero-order chi connectivity index (χ0) is 41.1. The van der Waals surface area contributed by atoms with E-state index in [2.05, 4.69) is 0 Å². The van der Waals surface area contributed by atoms with E-state index in [1.807, 2.05) is 5.32 Å². The number of halogens is 12. The Morgan fingerprint density at radius 1 is 0.600 bits per heavy atom. The van der Waals surface area contributed by atoms with Crippen molar-refractivity contribution in [3.63, 3.8) is 0 Å². The summed E-state index contributed by atoms with van der Waals surface area (Å²) in [5.74, 6) is -0.934. The molecule has 2 amide bonds. The van der Waals surface area contributed by atoms with Gasteiger partial charge in [-0.1, -0.05) is 11.8 Å². The molecule has 22 heteroatoms. The molecule has 0 spiro atoms. The number of imide groups is 1. The first kappa shape index (κ1) is 42.5. The Bertz CT molecular complexity index is 2080. The number of carbonyl (C=O) groups is 5. The zero-order valence-electron chi connectivity index (χ0n) is 26.6. The number of hydrogen-bond acceptors (Lipinski definition) is 9. The zero-order valence-corrected chi connectivity index (χ0v) is 28.2. The van der Waals surface area contributed by atoms with Crippen LogP contribution in [0.15, 0.2) is 74.4 Å². The third-order valence-electron chi connectivity index (χ3n) is 6.77. The minimum atomic E-state index is -4.98. The molecule has 0 aliphatic carbocycles.